The number of piperidine rings is 1. The summed E-state index contributed by atoms with van der Waals surface area (Å²) in [5.74, 6) is -0.0490. The number of rotatable bonds is 2. The summed E-state index contributed by atoms with van der Waals surface area (Å²) in [7, 11) is 0. The Morgan fingerprint density at radius 3 is 2.60 bits per heavy atom. The van der Waals surface area contributed by atoms with Gasteiger partial charge in [0, 0.05) is 5.54 Å². The number of nitrogens with zero attached hydrogens (tertiary/aromatic N) is 1. The highest BCUT2D eigenvalue weighted by molar-refractivity contribution is 5.76. The van der Waals surface area contributed by atoms with Crippen LogP contribution in [0.15, 0.2) is 0 Å². The normalized spacial score (nSPS) is 23.9. The molecule has 0 radical (unpaired) electrons. The molecule has 15 heavy (non-hydrogen) atoms. The molecule has 0 amide bonds. The maximum Gasteiger partial charge on any atom is 0.323 e. The van der Waals surface area contributed by atoms with E-state index in [9.17, 15) is 4.79 Å². The summed E-state index contributed by atoms with van der Waals surface area (Å²) < 4.78 is 5.13. The number of ether oxygens (including phenoxy) is 1. The Morgan fingerprint density at radius 2 is 2.07 bits per heavy atom. The van der Waals surface area contributed by atoms with Crippen LogP contribution in [0, 0.1) is 0 Å². The third-order valence-electron chi connectivity index (χ3n) is 2.92. The third kappa shape index (κ3) is 3.20. The predicted octanol–water partition coefficient (Wildman–Crippen LogP) is 2.20. The maximum absolute atomic E-state index is 11.8. The Hall–Kier alpha value is -0.570. The van der Waals surface area contributed by atoms with E-state index in [1.54, 1.807) is 0 Å². The Balaban J connectivity index is 2.70. The van der Waals surface area contributed by atoms with Crippen LogP contribution in [0.25, 0.3) is 0 Å². The van der Waals surface area contributed by atoms with E-state index < -0.39 is 0 Å². The van der Waals surface area contributed by atoms with Crippen LogP contribution in [0.4, 0.5) is 0 Å². The molecule has 0 N–H and O–H groups in total. The van der Waals surface area contributed by atoms with Gasteiger partial charge >= 0.3 is 5.97 Å². The van der Waals surface area contributed by atoms with Crippen LogP contribution < -0.4 is 0 Å². The van der Waals surface area contributed by atoms with Crippen LogP contribution in [0.1, 0.15) is 47.0 Å². The average molecular weight is 213 g/mol. The second-order valence-corrected chi connectivity index (χ2v) is 5.13. The first-order valence-corrected chi connectivity index (χ1v) is 5.90. The van der Waals surface area contributed by atoms with Gasteiger partial charge in [-0.25, -0.2) is 0 Å². The zero-order valence-corrected chi connectivity index (χ0v) is 10.4. The van der Waals surface area contributed by atoms with Gasteiger partial charge in [0.05, 0.1) is 6.61 Å². The van der Waals surface area contributed by atoms with E-state index in [4.69, 9.17) is 4.74 Å². The van der Waals surface area contributed by atoms with Crippen molar-refractivity contribution in [1.82, 2.24) is 4.90 Å². The molecular formula is C12H23NO2. The second kappa shape index (κ2) is 4.97. The van der Waals surface area contributed by atoms with Gasteiger partial charge in [-0.05, 0) is 47.1 Å². The largest absolute Gasteiger partial charge is 0.465 e. The van der Waals surface area contributed by atoms with Crippen LogP contribution in [-0.4, -0.2) is 35.6 Å². The lowest BCUT2D eigenvalue weighted by Gasteiger charge is -2.43. The number of hydrogen-bond acceptors (Lipinski definition) is 3. The number of hydrogen-bond donors (Lipinski definition) is 0. The standard InChI is InChI=1S/C12H23NO2/c1-5-15-11(14)10-8-6-7-9-13(10)12(2,3)4/h10H,5-9H2,1-4H3. The smallest absolute Gasteiger partial charge is 0.323 e. The fraction of sp³-hybridized carbons (Fsp3) is 0.917. The van der Waals surface area contributed by atoms with E-state index in [2.05, 4.69) is 25.7 Å². The molecule has 0 saturated carbocycles. The van der Waals surface area contributed by atoms with Crippen LogP contribution in [0.2, 0.25) is 0 Å². The minimum Gasteiger partial charge on any atom is -0.465 e. The molecular weight excluding hydrogens is 190 g/mol. The SMILES string of the molecule is CCOC(=O)C1CCCCN1C(C)(C)C. The topological polar surface area (TPSA) is 29.5 Å². The van der Waals surface area contributed by atoms with Gasteiger partial charge in [-0.2, -0.15) is 0 Å². The van der Waals surface area contributed by atoms with E-state index in [1.165, 1.54) is 6.42 Å². The molecule has 3 nitrogen and oxygen atoms in total. The molecule has 3 heteroatoms. The molecule has 0 spiro atoms. The van der Waals surface area contributed by atoms with Crippen molar-refractivity contribution in [2.75, 3.05) is 13.2 Å². The van der Waals surface area contributed by atoms with Gasteiger partial charge in [-0.15, -0.1) is 0 Å². The number of carbonyl (C=O) groups excluding carboxylic acids is 1. The lowest BCUT2D eigenvalue weighted by Crippen LogP contribution is -2.54. The molecule has 1 unspecified atom stereocenters. The molecule has 1 atom stereocenters. The minimum atomic E-state index is -0.0490. The van der Waals surface area contributed by atoms with E-state index in [0.717, 1.165) is 19.4 Å². The number of carbonyl (C=O) groups is 1. The molecule has 1 aliphatic rings. The highest BCUT2D eigenvalue weighted by atomic mass is 16.5. The molecule has 1 heterocycles. The van der Waals surface area contributed by atoms with Gasteiger partial charge in [0.25, 0.3) is 0 Å². The van der Waals surface area contributed by atoms with Crippen LogP contribution >= 0.6 is 0 Å². The monoisotopic (exact) mass is 213 g/mol. The quantitative estimate of drug-likeness (QED) is 0.659. The van der Waals surface area contributed by atoms with Gasteiger partial charge in [0.15, 0.2) is 0 Å². The van der Waals surface area contributed by atoms with Gasteiger partial charge in [-0.3, -0.25) is 9.69 Å². The fourth-order valence-electron chi connectivity index (χ4n) is 2.22. The highest BCUT2D eigenvalue weighted by Crippen LogP contribution is 2.26. The molecule has 0 aromatic heterocycles. The minimum absolute atomic E-state index is 0.0290. The van der Waals surface area contributed by atoms with Crippen molar-refractivity contribution in [2.45, 2.75) is 58.5 Å². The number of likely N-dealkylation sites (tertiary alicyclic amines) is 1. The molecule has 1 fully saturated rings. The van der Waals surface area contributed by atoms with Crippen molar-refractivity contribution in [3.8, 4) is 0 Å². The second-order valence-electron chi connectivity index (χ2n) is 5.13. The molecule has 1 rings (SSSR count). The zero-order chi connectivity index (χ0) is 11.5. The highest BCUT2D eigenvalue weighted by Gasteiger charge is 2.35. The summed E-state index contributed by atoms with van der Waals surface area (Å²) in [6.07, 6.45) is 3.26. The van der Waals surface area contributed by atoms with E-state index in [0.29, 0.717) is 6.61 Å². The van der Waals surface area contributed by atoms with Crippen molar-refractivity contribution in [2.24, 2.45) is 0 Å². The van der Waals surface area contributed by atoms with Crippen LogP contribution in [0.3, 0.4) is 0 Å². The zero-order valence-electron chi connectivity index (χ0n) is 10.4. The fourth-order valence-corrected chi connectivity index (χ4v) is 2.22. The summed E-state index contributed by atoms with van der Waals surface area (Å²) >= 11 is 0. The molecule has 88 valence electrons. The summed E-state index contributed by atoms with van der Waals surface area (Å²) in [4.78, 5) is 14.1. The maximum atomic E-state index is 11.8. The average Bonchev–Trinajstić information content (AvgIpc) is 2.17. The Labute approximate surface area is 92.8 Å². The summed E-state index contributed by atoms with van der Waals surface area (Å²) in [5.41, 5.74) is 0.0534. The van der Waals surface area contributed by atoms with Gasteiger partial charge in [-0.1, -0.05) is 6.42 Å². The predicted molar refractivity (Wildman–Crippen MR) is 60.7 cm³/mol. The Morgan fingerprint density at radius 1 is 1.40 bits per heavy atom. The number of esters is 1. The first-order chi connectivity index (χ1) is 6.96. The Bertz CT molecular complexity index is 220. The molecule has 0 aliphatic carbocycles. The molecule has 0 aromatic carbocycles. The third-order valence-corrected chi connectivity index (χ3v) is 2.92. The van der Waals surface area contributed by atoms with E-state index in [-0.39, 0.29) is 17.6 Å². The van der Waals surface area contributed by atoms with Crippen molar-refractivity contribution in [3.05, 3.63) is 0 Å². The van der Waals surface area contributed by atoms with Crippen molar-refractivity contribution >= 4 is 5.97 Å². The first kappa shape index (κ1) is 12.5. The molecule has 0 bridgehead atoms. The Kier molecular flexibility index (Phi) is 4.14. The molecule has 0 aromatic rings. The van der Waals surface area contributed by atoms with Gasteiger partial charge < -0.3 is 4.74 Å². The van der Waals surface area contributed by atoms with E-state index in [1.807, 2.05) is 6.92 Å². The van der Waals surface area contributed by atoms with Crippen molar-refractivity contribution in [3.63, 3.8) is 0 Å². The van der Waals surface area contributed by atoms with Gasteiger partial charge in [0.2, 0.25) is 0 Å². The lowest BCUT2D eigenvalue weighted by atomic mass is 9.95. The van der Waals surface area contributed by atoms with E-state index >= 15 is 0 Å². The summed E-state index contributed by atoms with van der Waals surface area (Å²) in [6, 6.07) is -0.0290. The summed E-state index contributed by atoms with van der Waals surface area (Å²) in [6.45, 7) is 9.82. The van der Waals surface area contributed by atoms with Crippen LogP contribution in [0.5, 0.6) is 0 Å². The summed E-state index contributed by atoms with van der Waals surface area (Å²) in [5, 5.41) is 0. The van der Waals surface area contributed by atoms with Crippen molar-refractivity contribution in [1.29, 1.82) is 0 Å². The van der Waals surface area contributed by atoms with Gasteiger partial charge in [0.1, 0.15) is 6.04 Å². The lowest BCUT2D eigenvalue weighted by molar-refractivity contribution is -0.153. The van der Waals surface area contributed by atoms with Crippen molar-refractivity contribution < 1.29 is 9.53 Å². The first-order valence-electron chi connectivity index (χ1n) is 5.90. The molecule has 1 saturated heterocycles. The molecule has 1 aliphatic heterocycles. The van der Waals surface area contributed by atoms with Crippen LogP contribution in [-0.2, 0) is 9.53 Å².